The lowest BCUT2D eigenvalue weighted by molar-refractivity contribution is 0.357. The second-order valence-corrected chi connectivity index (χ2v) is 6.15. The monoisotopic (exact) mass is 367 g/mol. The number of ether oxygens (including phenoxy) is 2. The number of benzene rings is 2. The molecule has 0 aliphatic carbocycles. The van der Waals surface area contributed by atoms with Crippen molar-refractivity contribution in [2.75, 3.05) is 19.0 Å². The zero-order valence-electron chi connectivity index (χ0n) is 11.6. The Kier molecular flexibility index (Phi) is 4.27. The van der Waals surface area contributed by atoms with Gasteiger partial charge in [0.2, 0.25) is 0 Å². The predicted octanol–water partition coefficient (Wildman–Crippen LogP) is 4.66. The van der Waals surface area contributed by atoms with E-state index < -0.39 is 0 Å². The molecule has 110 valence electrons. The Balaban J connectivity index is 1.79. The van der Waals surface area contributed by atoms with Crippen molar-refractivity contribution in [2.24, 2.45) is 0 Å². The van der Waals surface area contributed by atoms with E-state index in [4.69, 9.17) is 21.1 Å². The van der Waals surface area contributed by atoms with Gasteiger partial charge in [-0.05, 0) is 45.3 Å². The molecule has 1 aliphatic rings. The molecule has 1 heterocycles. The minimum Gasteiger partial charge on any atom is -0.493 e. The second kappa shape index (κ2) is 6.16. The molecule has 0 amide bonds. The van der Waals surface area contributed by atoms with Crippen molar-refractivity contribution >= 4 is 33.2 Å². The van der Waals surface area contributed by atoms with Gasteiger partial charge in [0.15, 0.2) is 5.75 Å². The van der Waals surface area contributed by atoms with Gasteiger partial charge >= 0.3 is 0 Å². The van der Waals surface area contributed by atoms with Crippen LogP contribution in [0.3, 0.4) is 0 Å². The molecule has 0 fully saturated rings. The van der Waals surface area contributed by atoms with E-state index in [0.717, 1.165) is 34.7 Å². The van der Waals surface area contributed by atoms with Gasteiger partial charge in [0.25, 0.3) is 0 Å². The molecule has 0 radical (unpaired) electrons. The standard InChI is InChI=1S/C16H15BrClNO2/c1-20-16-13(17)7-12(18)8-14(16)19-9-10-2-3-15-11(6-10)4-5-21-15/h2-3,6-8,19H,4-5,9H2,1H3. The first-order valence-corrected chi connectivity index (χ1v) is 7.86. The van der Waals surface area contributed by atoms with Gasteiger partial charge in [-0.25, -0.2) is 0 Å². The highest BCUT2D eigenvalue weighted by atomic mass is 79.9. The van der Waals surface area contributed by atoms with E-state index >= 15 is 0 Å². The van der Waals surface area contributed by atoms with Crippen molar-refractivity contribution < 1.29 is 9.47 Å². The summed E-state index contributed by atoms with van der Waals surface area (Å²) in [6.45, 7) is 1.48. The van der Waals surface area contributed by atoms with Crippen molar-refractivity contribution in [3.63, 3.8) is 0 Å². The molecule has 5 heteroatoms. The van der Waals surface area contributed by atoms with Crippen molar-refractivity contribution in [3.8, 4) is 11.5 Å². The lowest BCUT2D eigenvalue weighted by Crippen LogP contribution is -2.02. The summed E-state index contributed by atoms with van der Waals surface area (Å²) >= 11 is 9.55. The molecule has 21 heavy (non-hydrogen) atoms. The summed E-state index contributed by atoms with van der Waals surface area (Å²) in [5, 5.41) is 4.03. The van der Waals surface area contributed by atoms with Crippen LogP contribution in [0.25, 0.3) is 0 Å². The molecule has 0 saturated carbocycles. The van der Waals surface area contributed by atoms with E-state index in [0.29, 0.717) is 11.6 Å². The third-order valence-electron chi connectivity index (χ3n) is 3.45. The largest absolute Gasteiger partial charge is 0.493 e. The summed E-state index contributed by atoms with van der Waals surface area (Å²) in [4.78, 5) is 0. The maximum absolute atomic E-state index is 6.10. The Hall–Kier alpha value is -1.39. The van der Waals surface area contributed by atoms with Crippen LogP contribution in [0.4, 0.5) is 5.69 Å². The van der Waals surface area contributed by atoms with Gasteiger partial charge < -0.3 is 14.8 Å². The summed E-state index contributed by atoms with van der Waals surface area (Å²) < 4.78 is 11.8. The van der Waals surface area contributed by atoms with Crippen LogP contribution in [0.1, 0.15) is 11.1 Å². The number of halogens is 2. The van der Waals surface area contributed by atoms with Gasteiger partial charge in [-0.2, -0.15) is 0 Å². The normalized spacial score (nSPS) is 12.7. The average Bonchev–Trinajstić information content (AvgIpc) is 2.92. The minimum absolute atomic E-state index is 0.660. The maximum atomic E-state index is 6.10. The van der Waals surface area contributed by atoms with Crippen molar-refractivity contribution in [2.45, 2.75) is 13.0 Å². The zero-order valence-corrected chi connectivity index (χ0v) is 13.9. The minimum atomic E-state index is 0.660. The number of hydrogen-bond acceptors (Lipinski definition) is 3. The van der Waals surface area contributed by atoms with E-state index in [1.807, 2.05) is 18.2 Å². The first-order valence-electron chi connectivity index (χ1n) is 6.69. The van der Waals surface area contributed by atoms with Crippen molar-refractivity contribution in [1.29, 1.82) is 0 Å². The first kappa shape index (κ1) is 14.5. The molecule has 0 bridgehead atoms. The van der Waals surface area contributed by atoms with Crippen molar-refractivity contribution in [3.05, 3.63) is 51.0 Å². The summed E-state index contributed by atoms with van der Waals surface area (Å²) in [5.41, 5.74) is 3.35. The highest BCUT2D eigenvalue weighted by Gasteiger charge is 2.13. The lowest BCUT2D eigenvalue weighted by atomic mass is 10.1. The third kappa shape index (κ3) is 3.11. The van der Waals surface area contributed by atoms with Crippen molar-refractivity contribution in [1.82, 2.24) is 0 Å². The quantitative estimate of drug-likeness (QED) is 0.851. The number of nitrogens with one attached hydrogen (secondary N) is 1. The molecule has 3 nitrogen and oxygen atoms in total. The van der Waals surface area contributed by atoms with E-state index in [2.05, 4.69) is 33.4 Å². The molecule has 0 unspecified atom stereocenters. The number of hydrogen-bond donors (Lipinski definition) is 1. The fourth-order valence-corrected chi connectivity index (χ4v) is 3.42. The molecule has 1 N–H and O–H groups in total. The third-order valence-corrected chi connectivity index (χ3v) is 4.26. The second-order valence-electron chi connectivity index (χ2n) is 4.86. The SMILES string of the molecule is COc1c(Br)cc(Cl)cc1NCc1ccc2c(c1)CCO2. The molecule has 2 aromatic carbocycles. The molecular weight excluding hydrogens is 354 g/mol. The molecule has 0 spiro atoms. The summed E-state index contributed by atoms with van der Waals surface area (Å²) in [6.07, 6.45) is 0.981. The fourth-order valence-electron chi connectivity index (χ4n) is 2.45. The van der Waals surface area contributed by atoms with Crippen LogP contribution >= 0.6 is 27.5 Å². The van der Waals surface area contributed by atoms with Crippen LogP contribution < -0.4 is 14.8 Å². The van der Waals surface area contributed by atoms with Crippen LogP contribution in [0.2, 0.25) is 5.02 Å². The molecule has 0 atom stereocenters. The first-order chi connectivity index (χ1) is 10.2. The van der Waals surface area contributed by atoms with Gasteiger partial charge in [-0.3, -0.25) is 0 Å². The highest BCUT2D eigenvalue weighted by molar-refractivity contribution is 9.10. The molecule has 0 aromatic heterocycles. The Labute approximate surface area is 137 Å². The van der Waals surface area contributed by atoms with Crippen LogP contribution in [-0.4, -0.2) is 13.7 Å². The van der Waals surface area contributed by atoms with Crippen LogP contribution in [-0.2, 0) is 13.0 Å². The van der Waals surface area contributed by atoms with Gasteiger partial charge in [0, 0.05) is 18.0 Å². The number of anilines is 1. The number of fused-ring (bicyclic) bond motifs is 1. The highest BCUT2D eigenvalue weighted by Crippen LogP contribution is 2.36. The van der Waals surface area contributed by atoms with Gasteiger partial charge in [-0.1, -0.05) is 23.7 Å². The van der Waals surface area contributed by atoms with Gasteiger partial charge in [0.05, 0.1) is 23.9 Å². The molecule has 2 aromatic rings. The maximum Gasteiger partial charge on any atom is 0.156 e. The van der Waals surface area contributed by atoms with Gasteiger partial charge in [-0.15, -0.1) is 0 Å². The molecule has 3 rings (SSSR count). The Morgan fingerprint density at radius 1 is 1.33 bits per heavy atom. The Morgan fingerprint density at radius 2 is 2.19 bits per heavy atom. The van der Waals surface area contributed by atoms with Gasteiger partial charge in [0.1, 0.15) is 5.75 Å². The molecular formula is C16H15BrClNO2. The van der Waals surface area contributed by atoms with E-state index in [9.17, 15) is 0 Å². The topological polar surface area (TPSA) is 30.5 Å². The average molecular weight is 369 g/mol. The number of methoxy groups -OCH3 is 1. The van der Waals surface area contributed by atoms with E-state index in [1.165, 1.54) is 11.1 Å². The predicted molar refractivity (Wildman–Crippen MR) is 88.7 cm³/mol. The smallest absolute Gasteiger partial charge is 0.156 e. The summed E-state index contributed by atoms with van der Waals surface area (Å²) in [7, 11) is 1.64. The van der Waals surface area contributed by atoms with Crippen LogP contribution in [0.5, 0.6) is 11.5 Å². The Bertz CT molecular complexity index is 676. The summed E-state index contributed by atoms with van der Waals surface area (Å²) in [6, 6.07) is 9.97. The van der Waals surface area contributed by atoms with E-state index in [1.54, 1.807) is 7.11 Å². The zero-order chi connectivity index (χ0) is 14.8. The summed E-state index contributed by atoms with van der Waals surface area (Å²) in [5.74, 6) is 1.76. The van der Waals surface area contributed by atoms with E-state index in [-0.39, 0.29) is 0 Å². The number of rotatable bonds is 4. The fraction of sp³-hybridized carbons (Fsp3) is 0.250. The van der Waals surface area contributed by atoms with Crippen LogP contribution in [0.15, 0.2) is 34.8 Å². The molecule has 1 aliphatic heterocycles. The molecule has 0 saturated heterocycles. The van der Waals surface area contributed by atoms with Crippen LogP contribution in [0, 0.1) is 0 Å². The Morgan fingerprint density at radius 3 is 3.00 bits per heavy atom. The lowest BCUT2D eigenvalue weighted by Gasteiger charge is -2.13.